The van der Waals surface area contributed by atoms with E-state index < -0.39 is 11.9 Å². The lowest BCUT2D eigenvalue weighted by Crippen LogP contribution is -2.21. The van der Waals surface area contributed by atoms with Crippen LogP contribution in [0.5, 0.6) is 11.5 Å². The number of carbonyl (C=O) groups is 1. The van der Waals surface area contributed by atoms with Gasteiger partial charge in [0.2, 0.25) is 5.88 Å². The lowest BCUT2D eigenvalue weighted by Gasteiger charge is -2.27. The van der Waals surface area contributed by atoms with E-state index in [2.05, 4.69) is 22.0 Å². The van der Waals surface area contributed by atoms with Crippen molar-refractivity contribution >= 4 is 28.0 Å². The number of halogens is 1. The minimum atomic E-state index is -0.511. The molecule has 1 aliphatic rings. The summed E-state index contributed by atoms with van der Waals surface area (Å²) < 4.78 is 12.0. The van der Waals surface area contributed by atoms with E-state index in [0.717, 1.165) is 21.2 Å². The Morgan fingerprint density at radius 3 is 2.55 bits per heavy atom. The van der Waals surface area contributed by atoms with E-state index in [4.69, 9.17) is 15.2 Å². The Hall–Kier alpha value is -3.82. The second-order valence-electron chi connectivity index (χ2n) is 6.81. The molecule has 0 aromatic heterocycles. The van der Waals surface area contributed by atoms with Crippen LogP contribution in [0.3, 0.4) is 0 Å². The molecule has 0 saturated carbocycles. The molecule has 3 aromatic rings. The maximum absolute atomic E-state index is 12.2. The predicted molar refractivity (Wildman–Crippen MR) is 121 cm³/mol. The molecule has 0 saturated heterocycles. The van der Waals surface area contributed by atoms with Crippen molar-refractivity contribution in [1.29, 1.82) is 5.26 Å². The van der Waals surface area contributed by atoms with Crippen molar-refractivity contribution in [2.24, 2.45) is 5.73 Å². The molecule has 152 valence electrons. The molecule has 0 amide bonds. The van der Waals surface area contributed by atoms with Crippen LogP contribution in [0.4, 0.5) is 0 Å². The van der Waals surface area contributed by atoms with Gasteiger partial charge in [-0.2, -0.15) is 5.26 Å². The molecule has 0 spiro atoms. The molecular weight excluding hydrogens is 456 g/mol. The Balaban J connectivity index is 1.63. The summed E-state index contributed by atoms with van der Waals surface area (Å²) in [5, 5.41) is 9.68. The topological polar surface area (TPSA) is 85.3 Å². The third-order valence-electron chi connectivity index (χ3n) is 4.84. The number of hydrogen-bond acceptors (Lipinski definition) is 5. The van der Waals surface area contributed by atoms with E-state index in [1.165, 1.54) is 6.08 Å². The average Bonchev–Trinajstić information content (AvgIpc) is 2.78. The molecule has 0 bridgehead atoms. The SMILES string of the molecule is N#CC1=C(N)Oc2cc(OC(=O)/C=C/c3ccccc3)ccc2C1c1ccccc1Br. The highest BCUT2D eigenvalue weighted by molar-refractivity contribution is 9.10. The Morgan fingerprint density at radius 2 is 1.81 bits per heavy atom. The molecule has 0 radical (unpaired) electrons. The van der Waals surface area contributed by atoms with Crippen molar-refractivity contribution in [1.82, 2.24) is 0 Å². The first-order valence-corrected chi connectivity index (χ1v) is 10.3. The van der Waals surface area contributed by atoms with E-state index in [9.17, 15) is 10.1 Å². The maximum Gasteiger partial charge on any atom is 0.336 e. The molecule has 1 aliphatic heterocycles. The van der Waals surface area contributed by atoms with E-state index in [1.54, 1.807) is 24.3 Å². The number of allylic oxidation sites excluding steroid dienone is 1. The fourth-order valence-electron chi connectivity index (χ4n) is 3.41. The number of rotatable bonds is 4. The summed E-state index contributed by atoms with van der Waals surface area (Å²) in [7, 11) is 0. The molecule has 0 aliphatic carbocycles. The fourth-order valence-corrected chi connectivity index (χ4v) is 3.92. The van der Waals surface area contributed by atoms with Crippen LogP contribution >= 0.6 is 15.9 Å². The fraction of sp³-hybridized carbons (Fsp3) is 0.0400. The molecule has 2 N–H and O–H groups in total. The zero-order valence-corrected chi connectivity index (χ0v) is 17.9. The lowest BCUT2D eigenvalue weighted by atomic mass is 9.83. The minimum Gasteiger partial charge on any atom is -0.440 e. The smallest absolute Gasteiger partial charge is 0.336 e. The Bertz CT molecular complexity index is 1240. The minimum absolute atomic E-state index is 0.0307. The summed E-state index contributed by atoms with van der Waals surface area (Å²) in [6.45, 7) is 0. The average molecular weight is 473 g/mol. The molecule has 1 unspecified atom stereocenters. The third kappa shape index (κ3) is 4.37. The Kier molecular flexibility index (Phi) is 5.87. The monoisotopic (exact) mass is 472 g/mol. The first-order valence-electron chi connectivity index (χ1n) is 9.47. The van der Waals surface area contributed by atoms with Gasteiger partial charge in [0.1, 0.15) is 23.1 Å². The van der Waals surface area contributed by atoms with Crippen molar-refractivity contribution in [3.8, 4) is 17.6 Å². The van der Waals surface area contributed by atoms with Crippen LogP contribution in [0.25, 0.3) is 6.08 Å². The van der Waals surface area contributed by atoms with Crippen LogP contribution in [-0.4, -0.2) is 5.97 Å². The van der Waals surface area contributed by atoms with Crippen LogP contribution < -0.4 is 15.2 Å². The molecule has 31 heavy (non-hydrogen) atoms. The quantitative estimate of drug-likeness (QED) is 0.316. The molecule has 5 nitrogen and oxygen atoms in total. The van der Waals surface area contributed by atoms with Gasteiger partial charge in [0.25, 0.3) is 0 Å². The second kappa shape index (κ2) is 8.90. The number of ether oxygens (including phenoxy) is 2. The Labute approximate surface area is 188 Å². The number of nitriles is 1. The van der Waals surface area contributed by atoms with Crippen molar-refractivity contribution in [3.63, 3.8) is 0 Å². The van der Waals surface area contributed by atoms with Gasteiger partial charge in [-0.1, -0.05) is 70.5 Å². The van der Waals surface area contributed by atoms with Gasteiger partial charge in [-0.25, -0.2) is 4.79 Å². The van der Waals surface area contributed by atoms with Gasteiger partial charge in [0.05, 0.1) is 5.92 Å². The van der Waals surface area contributed by atoms with E-state index in [1.807, 2.05) is 54.6 Å². The molecule has 0 fully saturated rings. The zero-order chi connectivity index (χ0) is 21.8. The standard InChI is InChI=1S/C25H17BrN2O3/c26-21-9-5-4-8-18(21)24-19-12-11-17(14-22(19)31-25(28)20(24)15-27)30-23(29)13-10-16-6-2-1-3-7-16/h1-14,24H,28H2/b13-10+. The first kappa shape index (κ1) is 20.5. The third-order valence-corrected chi connectivity index (χ3v) is 5.56. The largest absolute Gasteiger partial charge is 0.440 e. The van der Waals surface area contributed by atoms with Gasteiger partial charge >= 0.3 is 5.97 Å². The lowest BCUT2D eigenvalue weighted by molar-refractivity contribution is -0.128. The van der Waals surface area contributed by atoms with Gasteiger partial charge < -0.3 is 15.2 Å². The maximum atomic E-state index is 12.2. The molecule has 6 heteroatoms. The van der Waals surface area contributed by atoms with Gasteiger partial charge in [-0.05, 0) is 29.3 Å². The first-order chi connectivity index (χ1) is 15.1. The van der Waals surface area contributed by atoms with Crippen molar-refractivity contribution < 1.29 is 14.3 Å². The molecule has 4 rings (SSSR count). The number of nitrogens with zero attached hydrogens (tertiary/aromatic N) is 1. The highest BCUT2D eigenvalue weighted by Gasteiger charge is 2.32. The predicted octanol–water partition coefficient (Wildman–Crippen LogP) is 5.29. The zero-order valence-electron chi connectivity index (χ0n) is 16.3. The van der Waals surface area contributed by atoms with Gasteiger partial charge in [-0.3, -0.25) is 0 Å². The second-order valence-corrected chi connectivity index (χ2v) is 7.67. The van der Waals surface area contributed by atoms with Crippen LogP contribution in [0, 0.1) is 11.3 Å². The number of benzene rings is 3. The van der Waals surface area contributed by atoms with E-state index in [0.29, 0.717) is 17.1 Å². The van der Waals surface area contributed by atoms with Gasteiger partial charge in [0, 0.05) is 22.2 Å². The summed E-state index contributed by atoms with van der Waals surface area (Å²) in [6.07, 6.45) is 3.04. The number of carbonyl (C=O) groups excluding carboxylic acids is 1. The summed E-state index contributed by atoms with van der Waals surface area (Å²) >= 11 is 3.55. The summed E-state index contributed by atoms with van der Waals surface area (Å²) in [5.74, 6) is -0.117. The highest BCUT2D eigenvalue weighted by atomic mass is 79.9. The summed E-state index contributed by atoms with van der Waals surface area (Å²) in [6, 6.07) is 24.3. The highest BCUT2D eigenvalue weighted by Crippen LogP contribution is 2.45. The van der Waals surface area contributed by atoms with Crippen molar-refractivity contribution in [2.75, 3.05) is 0 Å². The molecule has 1 heterocycles. The van der Waals surface area contributed by atoms with Gasteiger partial charge in [-0.15, -0.1) is 0 Å². The van der Waals surface area contributed by atoms with E-state index in [-0.39, 0.29) is 5.88 Å². The summed E-state index contributed by atoms with van der Waals surface area (Å²) in [4.78, 5) is 12.2. The van der Waals surface area contributed by atoms with Crippen LogP contribution in [0.1, 0.15) is 22.6 Å². The molecule has 3 aromatic carbocycles. The van der Waals surface area contributed by atoms with Crippen molar-refractivity contribution in [3.05, 3.63) is 111 Å². The number of esters is 1. The number of hydrogen-bond donors (Lipinski definition) is 1. The Morgan fingerprint density at radius 1 is 1.06 bits per heavy atom. The number of fused-ring (bicyclic) bond motifs is 1. The van der Waals surface area contributed by atoms with Crippen LogP contribution in [0.2, 0.25) is 0 Å². The number of nitrogens with two attached hydrogens (primary N) is 1. The van der Waals surface area contributed by atoms with Crippen LogP contribution in [-0.2, 0) is 4.79 Å². The molecular formula is C25H17BrN2O3. The normalized spacial score (nSPS) is 15.2. The van der Waals surface area contributed by atoms with Crippen molar-refractivity contribution in [2.45, 2.75) is 5.92 Å². The van der Waals surface area contributed by atoms with E-state index >= 15 is 0 Å². The van der Waals surface area contributed by atoms with Gasteiger partial charge in [0.15, 0.2) is 0 Å². The van der Waals surface area contributed by atoms with Crippen LogP contribution in [0.15, 0.2) is 94.8 Å². The molecule has 1 atom stereocenters. The summed E-state index contributed by atoms with van der Waals surface area (Å²) in [5.41, 5.74) is 8.92.